The molecule has 148 valence electrons. The predicted octanol–water partition coefficient (Wildman–Crippen LogP) is 5.57. The largest absolute Gasteiger partial charge is 0.497 e. The van der Waals surface area contributed by atoms with Crippen molar-refractivity contribution in [2.24, 2.45) is 5.10 Å². The second kappa shape index (κ2) is 9.01. The van der Waals surface area contributed by atoms with Crippen LogP contribution in [-0.4, -0.2) is 23.3 Å². The van der Waals surface area contributed by atoms with E-state index in [4.69, 9.17) is 4.74 Å². The number of hydrogen-bond acceptors (Lipinski definition) is 5. The predicted molar refractivity (Wildman–Crippen MR) is 122 cm³/mol. The SMILES string of the molecule is COc1ccc(-c2cc(-c3ccc(C)cc3)nc(NN=Cc3ccccc3)n2)cc1. The highest BCUT2D eigenvalue weighted by Crippen LogP contribution is 2.26. The molecule has 4 aromatic rings. The average Bonchev–Trinajstić information content (AvgIpc) is 2.80. The lowest BCUT2D eigenvalue weighted by Crippen LogP contribution is -2.00. The Morgan fingerprint density at radius 1 is 0.800 bits per heavy atom. The molecule has 0 radical (unpaired) electrons. The van der Waals surface area contributed by atoms with E-state index in [9.17, 15) is 0 Å². The number of aryl methyl sites for hydroxylation is 1. The summed E-state index contributed by atoms with van der Waals surface area (Å²) in [7, 11) is 1.65. The number of ether oxygens (including phenoxy) is 1. The van der Waals surface area contributed by atoms with E-state index in [0.717, 1.165) is 33.8 Å². The molecule has 5 heteroatoms. The van der Waals surface area contributed by atoms with Gasteiger partial charge in [0.25, 0.3) is 0 Å². The van der Waals surface area contributed by atoms with E-state index >= 15 is 0 Å². The fourth-order valence-electron chi connectivity index (χ4n) is 2.98. The second-order valence-corrected chi connectivity index (χ2v) is 6.84. The van der Waals surface area contributed by atoms with Gasteiger partial charge in [-0.05, 0) is 42.8 Å². The Morgan fingerprint density at radius 2 is 1.40 bits per heavy atom. The Labute approximate surface area is 176 Å². The molecule has 5 nitrogen and oxygen atoms in total. The number of aromatic nitrogens is 2. The van der Waals surface area contributed by atoms with E-state index in [2.05, 4.69) is 51.7 Å². The average molecular weight is 394 g/mol. The quantitative estimate of drug-likeness (QED) is 0.343. The Morgan fingerprint density at radius 3 is 2.00 bits per heavy atom. The van der Waals surface area contributed by atoms with Crippen LogP contribution in [0.4, 0.5) is 5.95 Å². The van der Waals surface area contributed by atoms with Gasteiger partial charge in [-0.1, -0.05) is 60.2 Å². The van der Waals surface area contributed by atoms with Crippen LogP contribution in [0.25, 0.3) is 22.5 Å². The van der Waals surface area contributed by atoms with Gasteiger partial charge in [0.2, 0.25) is 5.95 Å². The van der Waals surface area contributed by atoms with Crippen LogP contribution >= 0.6 is 0 Å². The molecule has 0 amide bonds. The topological polar surface area (TPSA) is 59.4 Å². The van der Waals surface area contributed by atoms with Crippen molar-refractivity contribution in [2.75, 3.05) is 12.5 Å². The summed E-state index contributed by atoms with van der Waals surface area (Å²) in [5.74, 6) is 1.24. The van der Waals surface area contributed by atoms with Gasteiger partial charge in [0.1, 0.15) is 5.75 Å². The minimum absolute atomic E-state index is 0.436. The van der Waals surface area contributed by atoms with Crippen molar-refractivity contribution in [3.8, 4) is 28.3 Å². The van der Waals surface area contributed by atoms with Crippen molar-refractivity contribution in [2.45, 2.75) is 6.92 Å². The van der Waals surface area contributed by atoms with Crippen LogP contribution in [0.15, 0.2) is 90.0 Å². The molecule has 4 rings (SSSR count). The van der Waals surface area contributed by atoms with Gasteiger partial charge in [-0.2, -0.15) is 5.10 Å². The minimum atomic E-state index is 0.436. The number of anilines is 1. The molecule has 0 saturated carbocycles. The molecule has 0 aliphatic carbocycles. The molecule has 0 saturated heterocycles. The molecule has 0 aliphatic heterocycles. The van der Waals surface area contributed by atoms with Crippen molar-refractivity contribution in [3.05, 3.63) is 96.1 Å². The van der Waals surface area contributed by atoms with Crippen LogP contribution in [0.1, 0.15) is 11.1 Å². The maximum Gasteiger partial charge on any atom is 0.244 e. The molecule has 0 aliphatic rings. The standard InChI is InChI=1S/C25H22N4O/c1-18-8-10-20(11-9-18)23-16-24(21-12-14-22(30-2)15-13-21)28-25(27-23)29-26-17-19-6-4-3-5-7-19/h3-17H,1-2H3,(H,27,28,29). The Bertz CT molecular complexity index is 1140. The first-order valence-corrected chi connectivity index (χ1v) is 9.66. The van der Waals surface area contributed by atoms with E-state index in [1.807, 2.05) is 60.7 Å². The number of methoxy groups -OCH3 is 1. The lowest BCUT2D eigenvalue weighted by atomic mass is 10.1. The van der Waals surface area contributed by atoms with Crippen molar-refractivity contribution < 1.29 is 4.74 Å². The molecular weight excluding hydrogens is 372 g/mol. The second-order valence-electron chi connectivity index (χ2n) is 6.84. The van der Waals surface area contributed by atoms with Crippen LogP contribution in [0, 0.1) is 6.92 Å². The normalized spacial score (nSPS) is 10.9. The van der Waals surface area contributed by atoms with Crippen LogP contribution in [0.3, 0.4) is 0 Å². The zero-order valence-corrected chi connectivity index (χ0v) is 16.9. The summed E-state index contributed by atoms with van der Waals surface area (Å²) in [6.45, 7) is 2.07. The zero-order chi connectivity index (χ0) is 20.8. The van der Waals surface area contributed by atoms with Crippen molar-refractivity contribution in [1.29, 1.82) is 0 Å². The molecule has 0 unspecified atom stereocenters. The van der Waals surface area contributed by atoms with Gasteiger partial charge in [-0.25, -0.2) is 15.4 Å². The summed E-state index contributed by atoms with van der Waals surface area (Å²) in [6, 6.07) is 27.9. The van der Waals surface area contributed by atoms with Gasteiger partial charge >= 0.3 is 0 Å². The molecule has 3 aromatic carbocycles. The van der Waals surface area contributed by atoms with Crippen molar-refractivity contribution >= 4 is 12.2 Å². The van der Waals surface area contributed by atoms with Crippen molar-refractivity contribution in [1.82, 2.24) is 9.97 Å². The van der Waals surface area contributed by atoms with Gasteiger partial charge in [-0.3, -0.25) is 0 Å². The van der Waals surface area contributed by atoms with Crippen molar-refractivity contribution in [3.63, 3.8) is 0 Å². The Hall–Kier alpha value is -3.99. The van der Waals surface area contributed by atoms with E-state index in [1.165, 1.54) is 5.56 Å². The fourth-order valence-corrected chi connectivity index (χ4v) is 2.98. The summed E-state index contributed by atoms with van der Waals surface area (Å²) in [5.41, 5.74) is 8.80. The molecule has 1 N–H and O–H groups in total. The molecule has 0 atom stereocenters. The molecule has 0 spiro atoms. The summed E-state index contributed by atoms with van der Waals surface area (Å²) in [5, 5.41) is 4.30. The first-order chi connectivity index (χ1) is 14.7. The lowest BCUT2D eigenvalue weighted by molar-refractivity contribution is 0.415. The van der Waals surface area contributed by atoms with E-state index in [1.54, 1.807) is 13.3 Å². The van der Waals surface area contributed by atoms with E-state index in [-0.39, 0.29) is 0 Å². The number of nitrogens with zero attached hydrogens (tertiary/aromatic N) is 3. The number of benzene rings is 3. The highest BCUT2D eigenvalue weighted by atomic mass is 16.5. The Balaban J connectivity index is 1.69. The van der Waals surface area contributed by atoms with Crippen LogP contribution in [0.5, 0.6) is 5.75 Å². The van der Waals surface area contributed by atoms with Crippen LogP contribution < -0.4 is 10.2 Å². The number of hydrogen-bond donors (Lipinski definition) is 1. The molecule has 0 fully saturated rings. The van der Waals surface area contributed by atoms with Gasteiger partial charge in [0.15, 0.2) is 0 Å². The highest BCUT2D eigenvalue weighted by molar-refractivity contribution is 5.80. The van der Waals surface area contributed by atoms with Gasteiger partial charge in [0, 0.05) is 11.1 Å². The third-order valence-corrected chi connectivity index (χ3v) is 4.64. The number of nitrogens with one attached hydrogen (secondary N) is 1. The summed E-state index contributed by atoms with van der Waals surface area (Å²) in [4.78, 5) is 9.32. The zero-order valence-electron chi connectivity index (χ0n) is 16.9. The highest BCUT2D eigenvalue weighted by Gasteiger charge is 2.09. The van der Waals surface area contributed by atoms with Gasteiger partial charge in [-0.15, -0.1) is 0 Å². The van der Waals surface area contributed by atoms with E-state index < -0.39 is 0 Å². The fraction of sp³-hybridized carbons (Fsp3) is 0.0800. The lowest BCUT2D eigenvalue weighted by Gasteiger charge is -2.09. The molecular formula is C25H22N4O. The summed E-state index contributed by atoms with van der Waals surface area (Å²) < 4.78 is 5.26. The summed E-state index contributed by atoms with van der Waals surface area (Å²) in [6.07, 6.45) is 1.75. The molecule has 1 heterocycles. The van der Waals surface area contributed by atoms with E-state index in [0.29, 0.717) is 5.95 Å². The first-order valence-electron chi connectivity index (χ1n) is 9.66. The summed E-state index contributed by atoms with van der Waals surface area (Å²) >= 11 is 0. The van der Waals surface area contributed by atoms with Gasteiger partial charge in [0.05, 0.1) is 24.7 Å². The minimum Gasteiger partial charge on any atom is -0.497 e. The van der Waals surface area contributed by atoms with Crippen LogP contribution in [0.2, 0.25) is 0 Å². The maximum atomic E-state index is 5.26. The molecule has 1 aromatic heterocycles. The van der Waals surface area contributed by atoms with Crippen LogP contribution in [-0.2, 0) is 0 Å². The number of rotatable bonds is 6. The first kappa shape index (κ1) is 19.3. The van der Waals surface area contributed by atoms with Gasteiger partial charge < -0.3 is 4.74 Å². The molecule has 0 bridgehead atoms. The smallest absolute Gasteiger partial charge is 0.244 e. The number of hydrazone groups is 1. The molecule has 30 heavy (non-hydrogen) atoms. The third kappa shape index (κ3) is 4.70. The maximum absolute atomic E-state index is 5.26. The third-order valence-electron chi connectivity index (χ3n) is 4.64. The monoisotopic (exact) mass is 394 g/mol. The Kier molecular flexibility index (Phi) is 5.80.